The summed E-state index contributed by atoms with van der Waals surface area (Å²) in [6.07, 6.45) is 0.941. The molecule has 1 aromatic rings. The highest BCUT2D eigenvalue weighted by molar-refractivity contribution is 5.16. The van der Waals surface area contributed by atoms with E-state index in [4.69, 9.17) is 0 Å². The minimum absolute atomic E-state index is 0.168. The van der Waals surface area contributed by atoms with E-state index in [9.17, 15) is 4.39 Å². The van der Waals surface area contributed by atoms with Gasteiger partial charge in [-0.05, 0) is 36.5 Å². The SMILES string of the molecule is CC(Cc1ccc(F)cc1)NCC(C)(C)C. The lowest BCUT2D eigenvalue weighted by atomic mass is 9.96. The van der Waals surface area contributed by atoms with Crippen LogP contribution in [0.15, 0.2) is 24.3 Å². The van der Waals surface area contributed by atoms with E-state index in [1.54, 1.807) is 0 Å². The minimum atomic E-state index is -0.168. The molecule has 0 heterocycles. The molecule has 90 valence electrons. The van der Waals surface area contributed by atoms with Gasteiger partial charge in [0.2, 0.25) is 0 Å². The van der Waals surface area contributed by atoms with Gasteiger partial charge in [-0.3, -0.25) is 0 Å². The van der Waals surface area contributed by atoms with Crippen LogP contribution >= 0.6 is 0 Å². The van der Waals surface area contributed by atoms with Crippen molar-refractivity contribution in [3.8, 4) is 0 Å². The normalized spacial score (nSPS) is 13.8. The molecule has 0 spiro atoms. The van der Waals surface area contributed by atoms with Gasteiger partial charge in [-0.2, -0.15) is 0 Å². The van der Waals surface area contributed by atoms with Crippen LogP contribution in [-0.2, 0) is 6.42 Å². The highest BCUT2D eigenvalue weighted by Gasteiger charge is 2.11. The summed E-state index contributed by atoms with van der Waals surface area (Å²) in [5, 5.41) is 3.49. The van der Waals surface area contributed by atoms with Crippen molar-refractivity contribution in [3.05, 3.63) is 35.6 Å². The molecule has 0 saturated carbocycles. The van der Waals surface area contributed by atoms with Crippen molar-refractivity contribution in [1.29, 1.82) is 0 Å². The Hall–Kier alpha value is -0.890. The monoisotopic (exact) mass is 223 g/mol. The summed E-state index contributed by atoms with van der Waals surface area (Å²) in [5.74, 6) is -0.168. The van der Waals surface area contributed by atoms with E-state index in [0.717, 1.165) is 13.0 Å². The van der Waals surface area contributed by atoms with Gasteiger partial charge in [0, 0.05) is 12.6 Å². The maximum Gasteiger partial charge on any atom is 0.123 e. The molecule has 0 radical (unpaired) electrons. The molecule has 2 heteroatoms. The Balaban J connectivity index is 2.39. The molecule has 1 atom stereocenters. The van der Waals surface area contributed by atoms with Gasteiger partial charge in [0.15, 0.2) is 0 Å². The second-order valence-electron chi connectivity index (χ2n) is 5.67. The molecule has 0 aliphatic rings. The van der Waals surface area contributed by atoms with Crippen LogP contribution in [0.4, 0.5) is 4.39 Å². The molecular weight excluding hydrogens is 201 g/mol. The summed E-state index contributed by atoms with van der Waals surface area (Å²) in [6, 6.07) is 7.16. The van der Waals surface area contributed by atoms with Gasteiger partial charge in [-0.25, -0.2) is 4.39 Å². The zero-order valence-electron chi connectivity index (χ0n) is 10.7. The Morgan fingerprint density at radius 3 is 2.25 bits per heavy atom. The molecule has 0 bridgehead atoms. The topological polar surface area (TPSA) is 12.0 Å². The van der Waals surface area contributed by atoms with Gasteiger partial charge in [0.25, 0.3) is 0 Å². The molecular formula is C14H22FN. The largest absolute Gasteiger partial charge is 0.313 e. The third-order valence-electron chi connectivity index (χ3n) is 2.44. The van der Waals surface area contributed by atoms with E-state index in [1.165, 1.54) is 17.7 Å². The third kappa shape index (κ3) is 5.26. The summed E-state index contributed by atoms with van der Waals surface area (Å²) < 4.78 is 12.7. The average molecular weight is 223 g/mol. The van der Waals surface area contributed by atoms with Crippen LogP contribution in [0.5, 0.6) is 0 Å². The number of benzene rings is 1. The van der Waals surface area contributed by atoms with Crippen molar-refractivity contribution in [2.45, 2.75) is 40.2 Å². The number of hydrogen-bond donors (Lipinski definition) is 1. The maximum absolute atomic E-state index is 12.7. The van der Waals surface area contributed by atoms with E-state index in [1.807, 2.05) is 12.1 Å². The van der Waals surface area contributed by atoms with E-state index >= 15 is 0 Å². The summed E-state index contributed by atoms with van der Waals surface area (Å²) in [4.78, 5) is 0. The van der Waals surface area contributed by atoms with Crippen molar-refractivity contribution in [3.63, 3.8) is 0 Å². The van der Waals surface area contributed by atoms with Crippen LogP contribution in [0.2, 0.25) is 0 Å². The Morgan fingerprint density at radius 1 is 1.19 bits per heavy atom. The van der Waals surface area contributed by atoms with Crippen LogP contribution in [0.1, 0.15) is 33.3 Å². The zero-order chi connectivity index (χ0) is 12.2. The Labute approximate surface area is 98.1 Å². The first-order chi connectivity index (χ1) is 7.37. The number of nitrogens with one attached hydrogen (secondary N) is 1. The lowest BCUT2D eigenvalue weighted by Crippen LogP contribution is -2.35. The van der Waals surface area contributed by atoms with E-state index in [2.05, 4.69) is 33.0 Å². The smallest absolute Gasteiger partial charge is 0.123 e. The number of halogens is 1. The fourth-order valence-electron chi connectivity index (χ4n) is 1.53. The molecule has 0 aliphatic carbocycles. The first-order valence-corrected chi connectivity index (χ1v) is 5.85. The van der Waals surface area contributed by atoms with Crippen LogP contribution in [-0.4, -0.2) is 12.6 Å². The second-order valence-corrected chi connectivity index (χ2v) is 5.67. The second kappa shape index (κ2) is 5.44. The number of rotatable bonds is 4. The van der Waals surface area contributed by atoms with Gasteiger partial charge in [-0.1, -0.05) is 32.9 Å². The predicted molar refractivity (Wildman–Crippen MR) is 67.0 cm³/mol. The molecule has 1 unspecified atom stereocenters. The van der Waals surface area contributed by atoms with Crippen molar-refractivity contribution in [2.24, 2.45) is 5.41 Å². The highest BCUT2D eigenvalue weighted by atomic mass is 19.1. The van der Waals surface area contributed by atoms with Crippen LogP contribution in [0.25, 0.3) is 0 Å². The van der Waals surface area contributed by atoms with Crippen LogP contribution in [0, 0.1) is 11.2 Å². The first-order valence-electron chi connectivity index (χ1n) is 5.85. The minimum Gasteiger partial charge on any atom is -0.313 e. The Kier molecular flexibility index (Phi) is 4.48. The molecule has 0 amide bonds. The first kappa shape index (κ1) is 13.2. The highest BCUT2D eigenvalue weighted by Crippen LogP contribution is 2.12. The maximum atomic E-state index is 12.7. The quantitative estimate of drug-likeness (QED) is 0.825. The summed E-state index contributed by atoms with van der Waals surface area (Å²) in [5.41, 5.74) is 1.48. The Bertz CT molecular complexity index is 311. The van der Waals surface area contributed by atoms with E-state index in [-0.39, 0.29) is 5.82 Å². The summed E-state index contributed by atoms with van der Waals surface area (Å²) in [7, 11) is 0. The van der Waals surface area contributed by atoms with Gasteiger partial charge < -0.3 is 5.32 Å². The molecule has 1 nitrogen and oxygen atoms in total. The molecule has 0 fully saturated rings. The predicted octanol–water partition coefficient (Wildman–Crippen LogP) is 3.39. The molecule has 16 heavy (non-hydrogen) atoms. The van der Waals surface area contributed by atoms with Gasteiger partial charge >= 0.3 is 0 Å². The average Bonchev–Trinajstić information content (AvgIpc) is 2.18. The molecule has 1 aromatic carbocycles. The van der Waals surface area contributed by atoms with Crippen molar-refractivity contribution in [1.82, 2.24) is 5.32 Å². The summed E-state index contributed by atoms with van der Waals surface area (Å²) >= 11 is 0. The lowest BCUT2D eigenvalue weighted by molar-refractivity contribution is 0.356. The van der Waals surface area contributed by atoms with E-state index < -0.39 is 0 Å². The standard InChI is InChI=1S/C14H22FN/c1-11(16-10-14(2,3)4)9-12-5-7-13(15)8-6-12/h5-8,11,16H,9-10H2,1-4H3. The fraction of sp³-hybridized carbons (Fsp3) is 0.571. The van der Waals surface area contributed by atoms with Crippen LogP contribution in [0.3, 0.4) is 0 Å². The summed E-state index contributed by atoms with van der Waals surface area (Å²) in [6.45, 7) is 9.80. The Morgan fingerprint density at radius 2 is 1.75 bits per heavy atom. The molecule has 1 rings (SSSR count). The molecule has 0 aromatic heterocycles. The van der Waals surface area contributed by atoms with Gasteiger partial charge in [-0.15, -0.1) is 0 Å². The molecule has 0 saturated heterocycles. The van der Waals surface area contributed by atoms with Crippen LogP contribution < -0.4 is 5.32 Å². The zero-order valence-corrected chi connectivity index (χ0v) is 10.7. The third-order valence-corrected chi connectivity index (χ3v) is 2.44. The molecule has 0 aliphatic heterocycles. The van der Waals surface area contributed by atoms with Crippen molar-refractivity contribution < 1.29 is 4.39 Å². The lowest BCUT2D eigenvalue weighted by Gasteiger charge is -2.22. The van der Waals surface area contributed by atoms with Gasteiger partial charge in [0.05, 0.1) is 0 Å². The van der Waals surface area contributed by atoms with Crippen molar-refractivity contribution in [2.75, 3.05) is 6.54 Å². The van der Waals surface area contributed by atoms with Crippen molar-refractivity contribution >= 4 is 0 Å². The van der Waals surface area contributed by atoms with E-state index in [0.29, 0.717) is 11.5 Å². The fourth-order valence-corrected chi connectivity index (χ4v) is 1.53. The number of hydrogen-bond acceptors (Lipinski definition) is 1. The van der Waals surface area contributed by atoms with Gasteiger partial charge in [0.1, 0.15) is 5.82 Å². The molecule has 1 N–H and O–H groups in total.